The Morgan fingerprint density at radius 1 is 1.21 bits per heavy atom. The van der Waals surface area contributed by atoms with E-state index in [0.29, 0.717) is 6.54 Å². The van der Waals surface area contributed by atoms with E-state index >= 15 is 0 Å². The molecule has 0 bridgehead atoms. The third kappa shape index (κ3) is 2.98. The van der Waals surface area contributed by atoms with Crippen molar-refractivity contribution in [1.29, 1.82) is 0 Å². The molecule has 0 aliphatic rings. The normalized spacial score (nSPS) is 11.8. The highest BCUT2D eigenvalue weighted by Gasteiger charge is 2.20. The van der Waals surface area contributed by atoms with Gasteiger partial charge in [-0.2, -0.15) is 4.68 Å². The summed E-state index contributed by atoms with van der Waals surface area (Å²) in [6.07, 6.45) is 0. The Morgan fingerprint density at radius 2 is 1.95 bits per heavy atom. The van der Waals surface area contributed by atoms with E-state index in [0.717, 1.165) is 18.1 Å². The van der Waals surface area contributed by atoms with E-state index in [4.69, 9.17) is 0 Å². The van der Waals surface area contributed by atoms with Crippen molar-refractivity contribution in [3.8, 4) is 5.69 Å². The van der Waals surface area contributed by atoms with Crippen molar-refractivity contribution in [2.75, 3.05) is 6.54 Å². The lowest BCUT2D eigenvalue weighted by Crippen LogP contribution is -2.19. The van der Waals surface area contributed by atoms with Gasteiger partial charge in [-0.25, -0.2) is 0 Å². The van der Waals surface area contributed by atoms with Gasteiger partial charge in [-0.1, -0.05) is 45.9 Å². The summed E-state index contributed by atoms with van der Waals surface area (Å²) in [4.78, 5) is 0. The zero-order valence-corrected chi connectivity index (χ0v) is 12.0. The molecule has 0 fully saturated rings. The molecule has 1 aromatic carbocycles. The Morgan fingerprint density at radius 3 is 2.63 bits per heavy atom. The van der Waals surface area contributed by atoms with Crippen LogP contribution in [0.2, 0.25) is 0 Å². The van der Waals surface area contributed by atoms with Crippen molar-refractivity contribution in [3.63, 3.8) is 0 Å². The topological polar surface area (TPSA) is 55.6 Å². The highest BCUT2D eigenvalue weighted by Crippen LogP contribution is 2.28. The van der Waals surface area contributed by atoms with Crippen LogP contribution in [0.3, 0.4) is 0 Å². The van der Waals surface area contributed by atoms with E-state index in [-0.39, 0.29) is 5.41 Å². The summed E-state index contributed by atoms with van der Waals surface area (Å²) < 4.78 is 1.82. The fraction of sp³-hybridized carbons (Fsp3) is 0.500. The van der Waals surface area contributed by atoms with E-state index < -0.39 is 0 Å². The van der Waals surface area contributed by atoms with Gasteiger partial charge in [0.25, 0.3) is 0 Å². The molecule has 5 nitrogen and oxygen atoms in total. The molecular formula is C14H21N5. The minimum atomic E-state index is 0.0536. The number of benzene rings is 1. The van der Waals surface area contributed by atoms with Crippen molar-refractivity contribution in [3.05, 3.63) is 35.7 Å². The van der Waals surface area contributed by atoms with E-state index in [2.05, 4.69) is 66.7 Å². The number of nitrogens with one attached hydrogen (secondary N) is 1. The van der Waals surface area contributed by atoms with Crippen LogP contribution < -0.4 is 5.32 Å². The second kappa shape index (κ2) is 5.48. The Balaban J connectivity index is 2.45. The van der Waals surface area contributed by atoms with Gasteiger partial charge >= 0.3 is 0 Å². The number of rotatable bonds is 4. The van der Waals surface area contributed by atoms with E-state index in [9.17, 15) is 0 Å². The first-order chi connectivity index (χ1) is 9.04. The molecule has 19 heavy (non-hydrogen) atoms. The summed E-state index contributed by atoms with van der Waals surface area (Å²) in [7, 11) is 0. The smallest absolute Gasteiger partial charge is 0.170 e. The summed E-state index contributed by atoms with van der Waals surface area (Å²) in [6.45, 7) is 10.2. The van der Waals surface area contributed by atoms with Gasteiger partial charge in [0.2, 0.25) is 0 Å². The van der Waals surface area contributed by atoms with Gasteiger partial charge in [0, 0.05) is 0 Å². The number of tetrazole rings is 1. The quantitative estimate of drug-likeness (QED) is 0.913. The van der Waals surface area contributed by atoms with Gasteiger partial charge in [0.15, 0.2) is 5.82 Å². The van der Waals surface area contributed by atoms with E-state index in [1.54, 1.807) is 0 Å². The lowest BCUT2D eigenvalue weighted by molar-refractivity contribution is 0.577. The number of aromatic nitrogens is 4. The number of nitrogens with zero attached hydrogens (tertiary/aromatic N) is 4. The maximum absolute atomic E-state index is 4.13. The molecule has 0 saturated carbocycles. The van der Waals surface area contributed by atoms with E-state index in [1.165, 1.54) is 5.56 Å². The van der Waals surface area contributed by atoms with Gasteiger partial charge in [-0.05, 0) is 34.0 Å². The van der Waals surface area contributed by atoms with Gasteiger partial charge < -0.3 is 5.32 Å². The van der Waals surface area contributed by atoms with Crippen LogP contribution in [0.25, 0.3) is 5.69 Å². The zero-order chi connectivity index (χ0) is 13.9. The maximum atomic E-state index is 4.13. The first-order valence-electron chi connectivity index (χ1n) is 6.62. The summed E-state index contributed by atoms with van der Waals surface area (Å²) in [5.41, 5.74) is 2.34. The Bertz CT molecular complexity index is 539. The molecule has 1 N–H and O–H groups in total. The molecule has 102 valence electrons. The molecule has 0 aliphatic carbocycles. The van der Waals surface area contributed by atoms with Crippen molar-refractivity contribution < 1.29 is 0 Å². The third-order valence-electron chi connectivity index (χ3n) is 3.01. The molecule has 2 rings (SSSR count). The van der Waals surface area contributed by atoms with Crippen molar-refractivity contribution >= 4 is 0 Å². The molecule has 0 radical (unpaired) electrons. The lowest BCUT2D eigenvalue weighted by atomic mass is 9.86. The van der Waals surface area contributed by atoms with Crippen molar-refractivity contribution in [2.45, 2.75) is 39.7 Å². The van der Waals surface area contributed by atoms with Crippen LogP contribution in [0.15, 0.2) is 24.3 Å². The fourth-order valence-corrected chi connectivity index (χ4v) is 2.03. The van der Waals surface area contributed by atoms with Crippen LogP contribution in [0.4, 0.5) is 0 Å². The predicted octanol–water partition coefficient (Wildman–Crippen LogP) is 2.07. The van der Waals surface area contributed by atoms with Crippen LogP contribution in [-0.4, -0.2) is 26.8 Å². The predicted molar refractivity (Wildman–Crippen MR) is 75.2 cm³/mol. The molecule has 1 aromatic heterocycles. The Hall–Kier alpha value is -1.75. The van der Waals surface area contributed by atoms with Gasteiger partial charge in [-0.15, -0.1) is 5.10 Å². The van der Waals surface area contributed by atoms with Crippen LogP contribution in [0.1, 0.15) is 39.1 Å². The highest BCUT2D eigenvalue weighted by atomic mass is 15.5. The van der Waals surface area contributed by atoms with E-state index in [1.807, 2.05) is 10.7 Å². The molecule has 0 unspecified atom stereocenters. The minimum absolute atomic E-state index is 0.0536. The lowest BCUT2D eigenvalue weighted by Gasteiger charge is -2.22. The summed E-state index contributed by atoms with van der Waals surface area (Å²) in [5, 5.41) is 15.3. The molecule has 0 amide bonds. The largest absolute Gasteiger partial charge is 0.310 e. The second-order valence-electron chi connectivity index (χ2n) is 5.55. The molecular weight excluding hydrogens is 238 g/mol. The molecule has 5 heteroatoms. The first kappa shape index (κ1) is 13.7. The monoisotopic (exact) mass is 259 g/mol. The third-order valence-corrected chi connectivity index (χ3v) is 3.01. The number of hydrogen-bond donors (Lipinski definition) is 1. The fourth-order valence-electron chi connectivity index (χ4n) is 2.03. The first-order valence-corrected chi connectivity index (χ1v) is 6.62. The highest BCUT2D eigenvalue weighted by molar-refractivity contribution is 5.44. The van der Waals surface area contributed by atoms with Crippen molar-refractivity contribution in [1.82, 2.24) is 25.5 Å². The van der Waals surface area contributed by atoms with Crippen molar-refractivity contribution in [2.24, 2.45) is 0 Å². The average molecular weight is 259 g/mol. The van der Waals surface area contributed by atoms with Gasteiger partial charge in [0.1, 0.15) is 0 Å². The SMILES string of the molecule is CCNCc1nnnn1-c1ccccc1C(C)(C)C. The molecule has 0 spiro atoms. The standard InChI is InChI=1S/C14H21N5/c1-5-15-10-13-16-17-18-19(13)12-9-7-6-8-11(12)14(2,3)4/h6-9,15H,5,10H2,1-4H3. The minimum Gasteiger partial charge on any atom is -0.310 e. The average Bonchev–Trinajstić information content (AvgIpc) is 2.83. The molecule has 2 aromatic rings. The maximum Gasteiger partial charge on any atom is 0.170 e. The Labute approximate surface area is 114 Å². The summed E-state index contributed by atoms with van der Waals surface area (Å²) >= 11 is 0. The second-order valence-corrected chi connectivity index (χ2v) is 5.55. The van der Waals surface area contributed by atoms with Crippen LogP contribution in [-0.2, 0) is 12.0 Å². The van der Waals surface area contributed by atoms with Crippen LogP contribution >= 0.6 is 0 Å². The van der Waals surface area contributed by atoms with Gasteiger partial charge in [0.05, 0.1) is 12.2 Å². The Kier molecular flexibility index (Phi) is 3.95. The number of para-hydroxylation sites is 1. The molecule has 0 atom stereocenters. The summed E-state index contributed by atoms with van der Waals surface area (Å²) in [6, 6.07) is 8.27. The van der Waals surface area contributed by atoms with Gasteiger partial charge in [-0.3, -0.25) is 0 Å². The summed E-state index contributed by atoms with van der Waals surface area (Å²) in [5.74, 6) is 0.832. The van der Waals surface area contributed by atoms with Crippen LogP contribution in [0.5, 0.6) is 0 Å². The number of hydrogen-bond acceptors (Lipinski definition) is 4. The van der Waals surface area contributed by atoms with Crippen LogP contribution in [0, 0.1) is 0 Å². The molecule has 0 aliphatic heterocycles. The molecule has 1 heterocycles. The molecule has 0 saturated heterocycles. The zero-order valence-electron chi connectivity index (χ0n) is 12.0.